The van der Waals surface area contributed by atoms with E-state index in [1.807, 2.05) is 24.2 Å². The molecule has 152 valence electrons. The van der Waals surface area contributed by atoms with Gasteiger partial charge in [-0.2, -0.15) is 0 Å². The molecule has 0 fully saturated rings. The minimum atomic E-state index is -0.278. The Kier molecular flexibility index (Phi) is 5.59. The molecule has 0 aliphatic carbocycles. The summed E-state index contributed by atoms with van der Waals surface area (Å²) in [5.74, 6) is 0.957. The molecule has 4 aromatic carbocycles. The van der Waals surface area contributed by atoms with Crippen LogP contribution in [0.2, 0.25) is 0 Å². The Bertz CT molecular complexity index is 1150. The third kappa shape index (κ3) is 3.77. The van der Waals surface area contributed by atoms with Crippen LogP contribution >= 0.6 is 11.8 Å². The minimum absolute atomic E-state index is 0.278. The van der Waals surface area contributed by atoms with Crippen molar-refractivity contribution in [2.45, 2.75) is 11.3 Å². The Morgan fingerprint density at radius 1 is 0.613 bits per heavy atom. The highest BCUT2D eigenvalue weighted by atomic mass is 32.2. The molecule has 0 bridgehead atoms. The first-order valence-electron chi connectivity index (χ1n) is 10.6. The van der Waals surface area contributed by atoms with Crippen molar-refractivity contribution in [1.29, 1.82) is 0 Å². The van der Waals surface area contributed by atoms with Gasteiger partial charge in [-0.05, 0) is 28.8 Å². The summed E-state index contributed by atoms with van der Waals surface area (Å²) in [6, 6.07) is 40.9. The van der Waals surface area contributed by atoms with E-state index >= 15 is 0 Å². The number of benzene rings is 4. The second-order valence-corrected chi connectivity index (χ2v) is 8.86. The number of aromatic nitrogens is 2. The molecule has 2 nitrogen and oxygen atoms in total. The summed E-state index contributed by atoms with van der Waals surface area (Å²) in [5, 5.41) is 0. The molecule has 0 aliphatic heterocycles. The lowest BCUT2D eigenvalue weighted by Gasteiger charge is -2.35. The van der Waals surface area contributed by atoms with Crippen molar-refractivity contribution < 1.29 is 0 Å². The van der Waals surface area contributed by atoms with Gasteiger partial charge in [0.1, 0.15) is 0 Å². The largest absolute Gasteiger partial charge is 0.330 e. The smallest absolute Gasteiger partial charge is 0.0958 e. The maximum absolute atomic E-state index is 4.56. The zero-order valence-corrected chi connectivity index (χ0v) is 18.1. The van der Waals surface area contributed by atoms with Crippen molar-refractivity contribution in [1.82, 2.24) is 9.55 Å². The highest BCUT2D eigenvalue weighted by Gasteiger charge is 2.36. The molecule has 0 saturated heterocycles. The quantitative estimate of drug-likeness (QED) is 0.271. The molecule has 31 heavy (non-hydrogen) atoms. The average Bonchev–Trinajstić information content (AvgIpc) is 3.27. The predicted molar refractivity (Wildman–Crippen MR) is 131 cm³/mol. The van der Waals surface area contributed by atoms with Crippen LogP contribution in [0.4, 0.5) is 0 Å². The summed E-state index contributed by atoms with van der Waals surface area (Å²) >= 11 is 1.99. The second-order valence-electron chi connectivity index (χ2n) is 7.55. The van der Waals surface area contributed by atoms with Gasteiger partial charge in [-0.1, -0.05) is 103 Å². The van der Waals surface area contributed by atoms with Crippen LogP contribution in [-0.4, -0.2) is 15.3 Å². The van der Waals surface area contributed by atoms with E-state index in [1.165, 1.54) is 22.2 Å². The van der Waals surface area contributed by atoms with Crippen molar-refractivity contribution >= 4 is 22.8 Å². The molecule has 0 N–H and O–H groups in total. The van der Waals surface area contributed by atoms with E-state index in [4.69, 9.17) is 0 Å². The van der Waals surface area contributed by atoms with Crippen LogP contribution in [-0.2, 0) is 11.3 Å². The Hall–Kier alpha value is -3.30. The first-order valence-corrected chi connectivity index (χ1v) is 11.6. The van der Waals surface area contributed by atoms with Crippen LogP contribution in [0.1, 0.15) is 16.7 Å². The van der Waals surface area contributed by atoms with Gasteiger partial charge in [0.2, 0.25) is 0 Å². The molecule has 0 spiro atoms. The van der Waals surface area contributed by atoms with Crippen LogP contribution in [0, 0.1) is 0 Å². The number of para-hydroxylation sites is 2. The predicted octanol–water partition coefficient (Wildman–Crippen LogP) is 6.76. The topological polar surface area (TPSA) is 17.8 Å². The van der Waals surface area contributed by atoms with E-state index in [0.29, 0.717) is 0 Å². The van der Waals surface area contributed by atoms with E-state index in [0.717, 1.165) is 17.8 Å². The summed E-state index contributed by atoms with van der Waals surface area (Å²) in [6.07, 6.45) is 1.96. The van der Waals surface area contributed by atoms with Crippen LogP contribution in [0.25, 0.3) is 11.0 Å². The minimum Gasteiger partial charge on any atom is -0.330 e. The number of imidazole rings is 1. The average molecular weight is 421 g/mol. The van der Waals surface area contributed by atoms with Crippen LogP contribution in [0.3, 0.4) is 0 Å². The third-order valence-electron chi connectivity index (χ3n) is 5.72. The van der Waals surface area contributed by atoms with Crippen molar-refractivity contribution in [3.8, 4) is 0 Å². The van der Waals surface area contributed by atoms with E-state index in [2.05, 4.69) is 119 Å². The van der Waals surface area contributed by atoms with Crippen LogP contribution in [0.5, 0.6) is 0 Å². The lowest BCUT2D eigenvalue weighted by atomic mass is 9.84. The maximum atomic E-state index is 4.56. The highest BCUT2D eigenvalue weighted by molar-refractivity contribution is 8.00. The molecule has 5 rings (SSSR count). The number of fused-ring (bicyclic) bond motifs is 1. The molecule has 0 atom stereocenters. The Balaban J connectivity index is 1.56. The molecule has 0 unspecified atom stereocenters. The summed E-state index contributed by atoms with van der Waals surface area (Å²) in [7, 11) is 0. The zero-order valence-electron chi connectivity index (χ0n) is 17.3. The van der Waals surface area contributed by atoms with E-state index < -0.39 is 0 Å². The standard InChI is InChI=1S/C28H24N2S/c1-4-12-23(13-5-1)28(24-14-6-2-7-15-24,25-16-8-3-9-17-25)31-21-20-30-22-29-26-18-10-11-19-27(26)30/h1-19,22H,20-21H2. The van der Waals surface area contributed by atoms with E-state index in [-0.39, 0.29) is 4.75 Å². The van der Waals surface area contributed by atoms with Crippen molar-refractivity contribution in [3.05, 3.63) is 138 Å². The SMILES string of the molecule is c1ccc(C(SCCn2cnc3ccccc32)(c2ccccc2)c2ccccc2)cc1. The Morgan fingerprint density at radius 3 is 1.65 bits per heavy atom. The fourth-order valence-electron chi connectivity index (χ4n) is 4.25. The van der Waals surface area contributed by atoms with E-state index in [9.17, 15) is 0 Å². The van der Waals surface area contributed by atoms with Gasteiger partial charge in [0.15, 0.2) is 0 Å². The number of thioether (sulfide) groups is 1. The Labute approximate surface area is 187 Å². The fourth-order valence-corrected chi connectivity index (χ4v) is 5.76. The molecule has 0 amide bonds. The van der Waals surface area contributed by atoms with Gasteiger partial charge in [-0.3, -0.25) is 0 Å². The molecule has 3 heteroatoms. The molecule has 1 aromatic heterocycles. The van der Waals surface area contributed by atoms with Gasteiger partial charge in [-0.15, -0.1) is 11.8 Å². The van der Waals surface area contributed by atoms with Gasteiger partial charge in [0, 0.05) is 12.3 Å². The summed E-state index contributed by atoms with van der Waals surface area (Å²) in [4.78, 5) is 4.56. The van der Waals surface area contributed by atoms with E-state index in [1.54, 1.807) is 0 Å². The van der Waals surface area contributed by atoms with Gasteiger partial charge < -0.3 is 4.57 Å². The number of rotatable bonds is 7. The van der Waals surface area contributed by atoms with Crippen molar-refractivity contribution in [2.75, 3.05) is 5.75 Å². The van der Waals surface area contributed by atoms with Gasteiger partial charge in [0.25, 0.3) is 0 Å². The molecular formula is C28H24N2S. The normalized spacial score (nSPS) is 11.6. The maximum Gasteiger partial charge on any atom is 0.0958 e. The number of hydrogen-bond donors (Lipinski definition) is 0. The van der Waals surface area contributed by atoms with Gasteiger partial charge in [0.05, 0.1) is 22.1 Å². The van der Waals surface area contributed by atoms with Gasteiger partial charge >= 0.3 is 0 Å². The van der Waals surface area contributed by atoms with Crippen molar-refractivity contribution in [3.63, 3.8) is 0 Å². The summed E-state index contributed by atoms with van der Waals surface area (Å²) < 4.78 is 1.98. The molecule has 5 aromatic rings. The number of aryl methyl sites for hydroxylation is 1. The second kappa shape index (κ2) is 8.83. The van der Waals surface area contributed by atoms with Crippen molar-refractivity contribution in [2.24, 2.45) is 0 Å². The van der Waals surface area contributed by atoms with Crippen LogP contribution < -0.4 is 0 Å². The van der Waals surface area contributed by atoms with Gasteiger partial charge in [-0.25, -0.2) is 4.98 Å². The molecule has 0 aliphatic rings. The molecular weight excluding hydrogens is 396 g/mol. The van der Waals surface area contributed by atoms with Crippen LogP contribution in [0.15, 0.2) is 122 Å². The molecule has 0 radical (unpaired) electrons. The summed E-state index contributed by atoms with van der Waals surface area (Å²) in [5.41, 5.74) is 6.13. The Morgan fingerprint density at radius 2 is 1.10 bits per heavy atom. The first-order chi connectivity index (χ1) is 15.4. The third-order valence-corrected chi connectivity index (χ3v) is 7.25. The highest BCUT2D eigenvalue weighted by Crippen LogP contribution is 2.48. The first kappa shape index (κ1) is 19.7. The number of nitrogens with zero attached hydrogens (tertiary/aromatic N) is 2. The fraction of sp³-hybridized carbons (Fsp3) is 0.107. The lowest BCUT2D eigenvalue weighted by molar-refractivity contribution is 0.788. The monoisotopic (exact) mass is 420 g/mol. The zero-order chi connectivity index (χ0) is 20.9. The molecule has 1 heterocycles. The number of hydrogen-bond acceptors (Lipinski definition) is 2. The molecule has 0 saturated carbocycles. The lowest BCUT2D eigenvalue weighted by Crippen LogP contribution is -2.26. The summed E-state index contributed by atoms with van der Waals surface area (Å²) in [6.45, 7) is 0.902.